The van der Waals surface area contributed by atoms with Crippen LogP contribution in [0, 0.1) is 0 Å². The molecule has 0 aromatic rings. The van der Waals surface area contributed by atoms with Gasteiger partial charge in [0.2, 0.25) is 0 Å². The van der Waals surface area contributed by atoms with Crippen LogP contribution in [-0.2, 0) is 0 Å². The monoisotopic (exact) mass is 342 g/mol. The van der Waals surface area contributed by atoms with Gasteiger partial charge in [0, 0.05) is 0 Å². The molecule has 23 heavy (non-hydrogen) atoms. The van der Waals surface area contributed by atoms with E-state index in [4.69, 9.17) is 0 Å². The lowest BCUT2D eigenvalue weighted by atomic mass is 9.88. The zero-order chi connectivity index (χ0) is 17.2. The van der Waals surface area contributed by atoms with Crippen LogP contribution in [0.5, 0.6) is 0 Å². The maximum absolute atomic E-state index is 3.30. The normalized spacial score (nSPS) is 12.0. The summed E-state index contributed by atoms with van der Waals surface area (Å²) in [6, 6.07) is 0. The van der Waals surface area contributed by atoms with Crippen LogP contribution in [0.3, 0.4) is 0 Å². The van der Waals surface area contributed by atoms with Crippen molar-refractivity contribution < 1.29 is 0 Å². The molecule has 0 amide bonds. The van der Waals surface area contributed by atoms with Crippen LogP contribution in [0.15, 0.2) is 0 Å². The van der Waals surface area contributed by atoms with Crippen LogP contribution < -0.4 is 0 Å². The van der Waals surface area contributed by atoms with Gasteiger partial charge in [-0.3, -0.25) is 0 Å². The van der Waals surface area contributed by atoms with E-state index < -0.39 is 0 Å². The van der Waals surface area contributed by atoms with Crippen molar-refractivity contribution in [3.63, 3.8) is 0 Å². The van der Waals surface area contributed by atoms with Crippen LogP contribution in [-0.4, -0.2) is 5.16 Å². The van der Waals surface area contributed by atoms with Crippen LogP contribution in [0.2, 0.25) is 0 Å². The molecule has 0 aromatic carbocycles. The molecule has 0 heterocycles. The van der Waals surface area contributed by atoms with Crippen molar-refractivity contribution in [2.75, 3.05) is 0 Å². The van der Waals surface area contributed by atoms with E-state index in [1.807, 2.05) is 0 Å². The summed E-state index contributed by atoms with van der Waals surface area (Å²) in [6.45, 7) is 6.94. The lowest BCUT2D eigenvalue weighted by molar-refractivity contribution is 0.405. The molecule has 0 aliphatic carbocycles. The Morgan fingerprint density at radius 2 is 0.696 bits per heavy atom. The van der Waals surface area contributed by atoms with Crippen molar-refractivity contribution in [1.29, 1.82) is 0 Å². The van der Waals surface area contributed by atoms with Crippen molar-refractivity contribution >= 4 is 9.24 Å². The highest BCUT2D eigenvalue weighted by atomic mass is 31.0. The molecule has 0 aromatic heterocycles. The minimum Gasteiger partial charge on any atom is -0.131 e. The first-order chi connectivity index (χ1) is 11.2. The van der Waals surface area contributed by atoms with Gasteiger partial charge in [-0.05, 0) is 24.4 Å². The molecule has 0 saturated heterocycles. The number of rotatable bonds is 18. The fourth-order valence-corrected chi connectivity index (χ4v) is 4.23. The number of hydrogen-bond acceptors (Lipinski definition) is 0. The highest BCUT2D eigenvalue weighted by molar-refractivity contribution is 7.19. The molecule has 140 valence electrons. The zero-order valence-electron chi connectivity index (χ0n) is 16.8. The lowest BCUT2D eigenvalue weighted by Crippen LogP contribution is -2.20. The summed E-state index contributed by atoms with van der Waals surface area (Å²) >= 11 is 0. The van der Waals surface area contributed by atoms with Gasteiger partial charge < -0.3 is 0 Å². The van der Waals surface area contributed by atoms with Crippen molar-refractivity contribution in [2.24, 2.45) is 0 Å². The van der Waals surface area contributed by atoms with E-state index in [1.165, 1.54) is 116 Å². The third-order valence-electron chi connectivity index (χ3n) is 5.33. The fourth-order valence-electron chi connectivity index (χ4n) is 3.62. The van der Waals surface area contributed by atoms with E-state index >= 15 is 0 Å². The Kier molecular flexibility index (Phi) is 17.6. The summed E-state index contributed by atoms with van der Waals surface area (Å²) in [7, 11) is 3.30. The van der Waals surface area contributed by atoms with Gasteiger partial charge >= 0.3 is 0 Å². The van der Waals surface area contributed by atoms with E-state index in [0.29, 0.717) is 5.16 Å². The molecular weight excluding hydrogens is 295 g/mol. The first kappa shape index (κ1) is 23.4. The average Bonchev–Trinajstić information content (AvgIpc) is 2.54. The van der Waals surface area contributed by atoms with E-state index in [0.717, 1.165) is 0 Å². The quantitative estimate of drug-likeness (QED) is 0.173. The Hall–Kier alpha value is 0.430. The molecule has 0 N–H and O–H groups in total. The second kappa shape index (κ2) is 17.3. The molecule has 0 aliphatic heterocycles. The van der Waals surface area contributed by atoms with Gasteiger partial charge in [-0.25, -0.2) is 0 Å². The summed E-state index contributed by atoms with van der Waals surface area (Å²) in [5.74, 6) is 0. The van der Waals surface area contributed by atoms with Crippen LogP contribution in [0.25, 0.3) is 0 Å². The zero-order valence-corrected chi connectivity index (χ0v) is 18.0. The SMILES string of the molecule is CCCCCCCCC(P)(CCCCC)CCCCCCCC. The molecule has 0 radical (unpaired) electrons. The van der Waals surface area contributed by atoms with E-state index in [-0.39, 0.29) is 0 Å². The number of unbranched alkanes of at least 4 members (excludes halogenated alkanes) is 12. The van der Waals surface area contributed by atoms with E-state index in [9.17, 15) is 0 Å². The Balaban J connectivity index is 3.93. The van der Waals surface area contributed by atoms with Gasteiger partial charge in [0.25, 0.3) is 0 Å². The minimum atomic E-state index is 0.560. The molecule has 1 heteroatoms. The molecule has 1 atom stereocenters. The maximum atomic E-state index is 3.30. The van der Waals surface area contributed by atoms with Crippen LogP contribution in [0.1, 0.15) is 136 Å². The van der Waals surface area contributed by atoms with Gasteiger partial charge in [-0.15, -0.1) is 9.24 Å². The van der Waals surface area contributed by atoms with Gasteiger partial charge in [-0.1, -0.05) is 117 Å². The molecule has 0 spiro atoms. The maximum Gasteiger partial charge on any atom is -0.0150 e. The smallest absolute Gasteiger partial charge is 0.0150 e. The summed E-state index contributed by atoms with van der Waals surface area (Å²) in [6.07, 6.45) is 25.8. The molecule has 0 fully saturated rings. The molecule has 0 aliphatic rings. The average molecular weight is 343 g/mol. The Bertz CT molecular complexity index is 208. The van der Waals surface area contributed by atoms with E-state index in [1.54, 1.807) is 0 Å². The fraction of sp³-hybridized carbons (Fsp3) is 1.00. The highest BCUT2D eigenvalue weighted by Gasteiger charge is 2.22. The van der Waals surface area contributed by atoms with Crippen molar-refractivity contribution in [2.45, 2.75) is 142 Å². The summed E-state index contributed by atoms with van der Waals surface area (Å²) in [5.41, 5.74) is 0. The third kappa shape index (κ3) is 15.7. The number of hydrogen-bond donors (Lipinski definition) is 0. The summed E-state index contributed by atoms with van der Waals surface area (Å²) < 4.78 is 0. The predicted molar refractivity (Wildman–Crippen MR) is 113 cm³/mol. The second-order valence-corrected chi connectivity index (χ2v) is 9.08. The molecule has 1 unspecified atom stereocenters. The molecular formula is C22H47P. The first-order valence-corrected chi connectivity index (χ1v) is 11.5. The lowest BCUT2D eigenvalue weighted by Gasteiger charge is -2.30. The van der Waals surface area contributed by atoms with Crippen LogP contribution >= 0.6 is 9.24 Å². The molecule has 0 rings (SSSR count). The van der Waals surface area contributed by atoms with Crippen molar-refractivity contribution in [3.05, 3.63) is 0 Å². The molecule has 0 nitrogen and oxygen atoms in total. The Morgan fingerprint density at radius 1 is 0.435 bits per heavy atom. The van der Waals surface area contributed by atoms with E-state index in [2.05, 4.69) is 30.0 Å². The third-order valence-corrected chi connectivity index (χ3v) is 6.20. The van der Waals surface area contributed by atoms with Crippen LogP contribution in [0.4, 0.5) is 0 Å². The highest BCUT2D eigenvalue weighted by Crippen LogP contribution is 2.37. The van der Waals surface area contributed by atoms with Gasteiger partial charge in [0.15, 0.2) is 0 Å². The standard InChI is InChI=1S/C22H47P/c1-4-7-10-12-14-17-20-22(23,19-16-9-6-3)21-18-15-13-11-8-5-2/h4-21,23H2,1-3H3. The van der Waals surface area contributed by atoms with Crippen molar-refractivity contribution in [3.8, 4) is 0 Å². The Morgan fingerprint density at radius 3 is 1.09 bits per heavy atom. The van der Waals surface area contributed by atoms with Gasteiger partial charge in [0.1, 0.15) is 0 Å². The first-order valence-electron chi connectivity index (χ1n) is 11.0. The topological polar surface area (TPSA) is 0 Å². The summed E-state index contributed by atoms with van der Waals surface area (Å²) in [4.78, 5) is 0. The van der Waals surface area contributed by atoms with Gasteiger partial charge in [0.05, 0.1) is 0 Å². The minimum absolute atomic E-state index is 0.560. The summed E-state index contributed by atoms with van der Waals surface area (Å²) in [5, 5.41) is 0.560. The van der Waals surface area contributed by atoms with Crippen molar-refractivity contribution in [1.82, 2.24) is 0 Å². The van der Waals surface area contributed by atoms with Gasteiger partial charge in [-0.2, -0.15) is 0 Å². The Labute approximate surface area is 151 Å². The predicted octanol–water partition coefficient (Wildman–Crippen LogP) is 8.68. The largest absolute Gasteiger partial charge is 0.131 e. The molecule has 0 saturated carbocycles. The molecule has 0 bridgehead atoms. The second-order valence-electron chi connectivity index (χ2n) is 7.86.